The maximum absolute atomic E-state index is 14.3. The third-order valence-electron chi connectivity index (χ3n) is 5.04. The molecule has 0 saturated carbocycles. The molecular formula is C17H17F4N5O2S. The molecule has 0 bridgehead atoms. The van der Waals surface area contributed by atoms with Crippen LogP contribution in [0.1, 0.15) is 36.0 Å². The number of pyridine rings is 1. The summed E-state index contributed by atoms with van der Waals surface area (Å²) in [5, 5.41) is 4.16. The van der Waals surface area contributed by atoms with Gasteiger partial charge in [-0.15, -0.1) is 11.8 Å². The van der Waals surface area contributed by atoms with E-state index < -0.39 is 36.0 Å². The van der Waals surface area contributed by atoms with Crippen LogP contribution in [0.5, 0.6) is 0 Å². The summed E-state index contributed by atoms with van der Waals surface area (Å²) in [5.41, 5.74) is -2.61. The van der Waals surface area contributed by atoms with Gasteiger partial charge in [0.05, 0.1) is 12.4 Å². The fraction of sp³-hybridized carbons (Fsp3) is 0.529. The van der Waals surface area contributed by atoms with Crippen molar-refractivity contribution < 1.29 is 22.4 Å². The van der Waals surface area contributed by atoms with E-state index in [-0.39, 0.29) is 11.5 Å². The van der Waals surface area contributed by atoms with E-state index in [9.17, 15) is 27.2 Å². The van der Waals surface area contributed by atoms with Crippen LogP contribution in [0, 0.1) is 5.82 Å². The summed E-state index contributed by atoms with van der Waals surface area (Å²) < 4.78 is 55.2. The third-order valence-corrected chi connectivity index (χ3v) is 6.00. The molecule has 0 radical (unpaired) electrons. The van der Waals surface area contributed by atoms with Gasteiger partial charge in [-0.2, -0.15) is 18.3 Å². The number of aromatic nitrogens is 4. The van der Waals surface area contributed by atoms with E-state index in [1.54, 1.807) is 16.7 Å². The van der Waals surface area contributed by atoms with Gasteiger partial charge >= 0.3 is 11.9 Å². The van der Waals surface area contributed by atoms with Gasteiger partial charge in [0.15, 0.2) is 11.5 Å². The Labute approximate surface area is 166 Å². The monoisotopic (exact) mass is 431 g/mol. The van der Waals surface area contributed by atoms with Crippen molar-refractivity contribution in [3.63, 3.8) is 0 Å². The Morgan fingerprint density at radius 3 is 2.83 bits per heavy atom. The second-order valence-electron chi connectivity index (χ2n) is 6.90. The van der Waals surface area contributed by atoms with Gasteiger partial charge in [-0.05, 0) is 18.9 Å². The number of amides is 1. The zero-order valence-electron chi connectivity index (χ0n) is 15.2. The molecule has 4 heterocycles. The number of carbonyl (C=O) groups excluding carboxylic acids is 1. The van der Waals surface area contributed by atoms with E-state index in [1.165, 1.54) is 4.57 Å². The van der Waals surface area contributed by atoms with Crippen molar-refractivity contribution in [1.29, 1.82) is 0 Å². The van der Waals surface area contributed by atoms with Gasteiger partial charge in [-0.3, -0.25) is 9.36 Å². The van der Waals surface area contributed by atoms with Crippen LogP contribution in [0.25, 0.3) is 0 Å². The predicted octanol–water partition coefficient (Wildman–Crippen LogP) is 2.06. The molecule has 0 N–H and O–H groups in total. The zero-order valence-corrected chi connectivity index (χ0v) is 16.0. The first-order valence-corrected chi connectivity index (χ1v) is 10.2. The second-order valence-corrected chi connectivity index (χ2v) is 7.98. The topological polar surface area (TPSA) is 73.0 Å². The number of alkyl halides is 3. The summed E-state index contributed by atoms with van der Waals surface area (Å²) in [4.78, 5) is 30.4. The smallest absolute Gasteiger partial charge is 0.331 e. The standard InChI is InChI=1S/C17H17F4N5O2S/c18-13-10(4-5-22-14(13)17(19,20)21)8-25-16(28)26-11(2-1-3-12(26)23-25)15(27)24-6-7-29-9-24/h4-5,11H,1-3,6-9H2. The maximum atomic E-state index is 14.3. The first-order chi connectivity index (χ1) is 13.8. The molecule has 1 atom stereocenters. The van der Waals surface area contributed by atoms with Gasteiger partial charge in [0, 0.05) is 30.5 Å². The fourth-order valence-electron chi connectivity index (χ4n) is 3.63. The minimum absolute atomic E-state index is 0.160. The number of nitrogens with zero attached hydrogens (tertiary/aromatic N) is 5. The van der Waals surface area contributed by atoms with Crippen LogP contribution in [0.15, 0.2) is 17.1 Å². The van der Waals surface area contributed by atoms with Crippen LogP contribution >= 0.6 is 11.8 Å². The van der Waals surface area contributed by atoms with Gasteiger partial charge in [0.1, 0.15) is 11.9 Å². The molecule has 0 aliphatic carbocycles. The Morgan fingerprint density at radius 2 is 2.14 bits per heavy atom. The number of hydrogen-bond donors (Lipinski definition) is 0. The van der Waals surface area contributed by atoms with Crippen molar-refractivity contribution >= 4 is 17.7 Å². The van der Waals surface area contributed by atoms with Crippen LogP contribution in [-0.2, 0) is 23.9 Å². The number of fused-ring (bicyclic) bond motifs is 1. The highest BCUT2D eigenvalue weighted by molar-refractivity contribution is 7.99. The van der Waals surface area contributed by atoms with Crippen molar-refractivity contribution in [1.82, 2.24) is 24.2 Å². The Kier molecular flexibility index (Phi) is 5.13. The van der Waals surface area contributed by atoms with Crippen LogP contribution in [0.2, 0.25) is 0 Å². The Morgan fingerprint density at radius 1 is 1.34 bits per heavy atom. The van der Waals surface area contributed by atoms with Gasteiger partial charge in [-0.1, -0.05) is 0 Å². The normalized spacial score (nSPS) is 19.4. The molecule has 2 aliphatic rings. The van der Waals surface area contributed by atoms with E-state index >= 15 is 0 Å². The minimum atomic E-state index is -4.94. The lowest BCUT2D eigenvalue weighted by Crippen LogP contribution is -2.41. The lowest BCUT2D eigenvalue weighted by molar-refractivity contribution is -0.143. The number of halogens is 4. The van der Waals surface area contributed by atoms with Gasteiger partial charge < -0.3 is 4.90 Å². The quantitative estimate of drug-likeness (QED) is 0.696. The molecule has 2 aromatic heterocycles. The molecule has 1 saturated heterocycles. The SMILES string of the molecule is O=C(C1CCCc2nn(Cc3ccnc(C(F)(F)F)c3F)c(=O)n21)N1CCSC1. The molecule has 2 aromatic rings. The van der Waals surface area contributed by atoms with E-state index in [1.807, 2.05) is 0 Å². The molecule has 1 unspecified atom stereocenters. The molecule has 12 heteroatoms. The van der Waals surface area contributed by atoms with Crippen LogP contribution < -0.4 is 5.69 Å². The van der Waals surface area contributed by atoms with E-state index in [2.05, 4.69) is 10.1 Å². The highest BCUT2D eigenvalue weighted by atomic mass is 32.2. The molecule has 2 aliphatic heterocycles. The van der Waals surface area contributed by atoms with Crippen LogP contribution in [0.3, 0.4) is 0 Å². The Hall–Kier alpha value is -2.37. The van der Waals surface area contributed by atoms with Gasteiger partial charge in [-0.25, -0.2) is 18.9 Å². The summed E-state index contributed by atoms with van der Waals surface area (Å²) in [6, 6.07) is 0.395. The minimum Gasteiger partial charge on any atom is -0.331 e. The molecule has 0 aromatic carbocycles. The average Bonchev–Trinajstić information content (AvgIpc) is 3.31. The number of carbonyl (C=O) groups is 1. The largest absolute Gasteiger partial charge is 0.436 e. The van der Waals surface area contributed by atoms with Crippen LogP contribution in [-0.4, -0.2) is 48.3 Å². The molecule has 156 valence electrons. The van der Waals surface area contributed by atoms with Crippen LogP contribution in [0.4, 0.5) is 17.6 Å². The molecule has 0 spiro atoms. The molecular weight excluding hydrogens is 414 g/mol. The number of aryl methyl sites for hydroxylation is 1. The van der Waals surface area contributed by atoms with Crippen molar-refractivity contribution in [3.05, 3.63) is 45.6 Å². The number of hydrogen-bond acceptors (Lipinski definition) is 5. The van der Waals surface area contributed by atoms with E-state index in [4.69, 9.17) is 0 Å². The van der Waals surface area contributed by atoms with Crippen molar-refractivity contribution in [2.24, 2.45) is 0 Å². The first-order valence-electron chi connectivity index (χ1n) is 9.02. The number of rotatable bonds is 3. The number of thioether (sulfide) groups is 1. The van der Waals surface area contributed by atoms with Crippen molar-refractivity contribution in [2.75, 3.05) is 18.2 Å². The van der Waals surface area contributed by atoms with Gasteiger partial charge in [0.25, 0.3) is 0 Å². The summed E-state index contributed by atoms with van der Waals surface area (Å²) >= 11 is 1.63. The lowest BCUT2D eigenvalue weighted by Gasteiger charge is -2.26. The summed E-state index contributed by atoms with van der Waals surface area (Å²) in [5.74, 6) is 0.0989. The van der Waals surface area contributed by atoms with E-state index in [0.29, 0.717) is 37.5 Å². The van der Waals surface area contributed by atoms with Crippen molar-refractivity contribution in [3.8, 4) is 0 Å². The second kappa shape index (κ2) is 7.47. The molecule has 1 fully saturated rings. The molecule has 1 amide bonds. The molecule has 7 nitrogen and oxygen atoms in total. The Bertz CT molecular complexity index is 997. The first kappa shape index (κ1) is 19.9. The van der Waals surface area contributed by atoms with Gasteiger partial charge in [0.2, 0.25) is 5.91 Å². The summed E-state index contributed by atoms with van der Waals surface area (Å²) in [6.45, 7) is 0.136. The highest BCUT2D eigenvalue weighted by Crippen LogP contribution is 2.31. The van der Waals surface area contributed by atoms with E-state index in [0.717, 1.165) is 22.7 Å². The summed E-state index contributed by atoms with van der Waals surface area (Å²) in [7, 11) is 0. The lowest BCUT2D eigenvalue weighted by atomic mass is 10.0. The third kappa shape index (κ3) is 3.65. The molecule has 4 rings (SSSR count). The Balaban J connectivity index is 1.67. The van der Waals surface area contributed by atoms with Crippen molar-refractivity contribution in [2.45, 2.75) is 38.0 Å². The predicted molar refractivity (Wildman–Crippen MR) is 95.8 cm³/mol. The summed E-state index contributed by atoms with van der Waals surface area (Å²) in [6.07, 6.45) is -2.48. The highest BCUT2D eigenvalue weighted by Gasteiger charge is 2.38. The molecule has 29 heavy (non-hydrogen) atoms. The maximum Gasteiger partial charge on any atom is 0.436 e. The fourth-order valence-corrected chi connectivity index (χ4v) is 4.59. The average molecular weight is 431 g/mol. The zero-order chi connectivity index (χ0) is 20.8.